The van der Waals surface area contributed by atoms with E-state index >= 15 is 0 Å². The molecule has 1 N–H and O–H groups in total. The molecule has 1 atom stereocenters. The highest BCUT2D eigenvalue weighted by atomic mass is 16.7. The highest BCUT2D eigenvalue weighted by molar-refractivity contribution is 5.74. The van der Waals surface area contributed by atoms with Crippen molar-refractivity contribution in [1.82, 2.24) is 24.7 Å². The molecule has 32 heavy (non-hydrogen) atoms. The zero-order chi connectivity index (χ0) is 21.3. The van der Waals surface area contributed by atoms with Gasteiger partial charge in [-0.2, -0.15) is 0 Å². The molecule has 168 valence electrons. The predicted molar refractivity (Wildman–Crippen MR) is 124 cm³/mol. The summed E-state index contributed by atoms with van der Waals surface area (Å²) in [6, 6.07) is 15.3. The van der Waals surface area contributed by atoms with E-state index in [9.17, 15) is 0 Å². The highest BCUT2D eigenvalue weighted by Gasteiger charge is 2.28. The van der Waals surface area contributed by atoms with E-state index in [-0.39, 0.29) is 0 Å². The van der Waals surface area contributed by atoms with Gasteiger partial charge in [-0.1, -0.05) is 18.2 Å². The first-order valence-corrected chi connectivity index (χ1v) is 11.8. The molecule has 0 aliphatic carbocycles. The maximum Gasteiger partial charge on any atom is 0.231 e. The van der Waals surface area contributed by atoms with Crippen molar-refractivity contribution in [1.29, 1.82) is 0 Å². The molecular weight excluding hydrogens is 402 g/mol. The van der Waals surface area contributed by atoms with Crippen molar-refractivity contribution in [3.8, 4) is 11.5 Å². The number of ether oxygens (including phenoxy) is 2. The molecule has 2 aromatic carbocycles. The fraction of sp³-hybridized carbons (Fsp3) is 0.480. The van der Waals surface area contributed by atoms with Crippen LogP contribution in [0.2, 0.25) is 0 Å². The minimum atomic E-state index is 0.339. The van der Waals surface area contributed by atoms with E-state index in [0.717, 1.165) is 80.7 Å². The summed E-state index contributed by atoms with van der Waals surface area (Å²) in [5.74, 6) is 2.83. The zero-order valence-corrected chi connectivity index (χ0v) is 18.5. The van der Waals surface area contributed by atoms with Gasteiger partial charge in [0.2, 0.25) is 6.79 Å². The lowest BCUT2D eigenvalue weighted by Gasteiger charge is -2.43. The van der Waals surface area contributed by atoms with Gasteiger partial charge in [-0.15, -0.1) is 0 Å². The number of piperidine rings is 1. The average molecular weight is 434 g/mol. The Morgan fingerprint density at radius 2 is 1.78 bits per heavy atom. The molecule has 6 rings (SSSR count). The Kier molecular flexibility index (Phi) is 5.46. The van der Waals surface area contributed by atoms with Gasteiger partial charge in [0.1, 0.15) is 5.82 Å². The van der Waals surface area contributed by atoms with Crippen LogP contribution in [0.4, 0.5) is 0 Å². The van der Waals surface area contributed by atoms with Crippen LogP contribution in [0.25, 0.3) is 11.0 Å². The Balaban J connectivity index is 1.02. The van der Waals surface area contributed by atoms with Crippen LogP contribution in [-0.4, -0.2) is 76.8 Å². The van der Waals surface area contributed by atoms with Crippen molar-refractivity contribution in [3.63, 3.8) is 0 Å². The normalized spacial score (nSPS) is 22.6. The molecule has 1 aromatic heterocycles. The van der Waals surface area contributed by atoms with Crippen LogP contribution >= 0.6 is 0 Å². The Bertz CT molecular complexity index is 1040. The first-order chi connectivity index (χ1) is 15.8. The smallest absolute Gasteiger partial charge is 0.231 e. The molecule has 3 aromatic rings. The molecule has 2 saturated heterocycles. The lowest BCUT2D eigenvalue weighted by atomic mass is 10.0. The van der Waals surface area contributed by atoms with Gasteiger partial charge in [-0.25, -0.2) is 4.98 Å². The van der Waals surface area contributed by atoms with Crippen molar-refractivity contribution in [2.45, 2.75) is 32.0 Å². The van der Waals surface area contributed by atoms with E-state index in [4.69, 9.17) is 14.5 Å². The number of benzene rings is 2. The third-order valence-electron chi connectivity index (χ3n) is 7.06. The first kappa shape index (κ1) is 20.0. The summed E-state index contributed by atoms with van der Waals surface area (Å²) in [7, 11) is 0. The molecule has 0 radical (unpaired) electrons. The quantitative estimate of drug-likeness (QED) is 0.668. The third kappa shape index (κ3) is 4.20. The van der Waals surface area contributed by atoms with Gasteiger partial charge in [0.25, 0.3) is 0 Å². The number of aromatic amines is 1. The van der Waals surface area contributed by atoms with E-state index in [1.165, 1.54) is 18.4 Å². The topological polar surface area (TPSA) is 56.9 Å². The van der Waals surface area contributed by atoms with Crippen LogP contribution in [0, 0.1) is 0 Å². The maximum atomic E-state index is 5.53. The van der Waals surface area contributed by atoms with E-state index < -0.39 is 0 Å². The zero-order valence-electron chi connectivity index (χ0n) is 18.5. The number of hydrogen-bond donors (Lipinski definition) is 1. The second-order valence-electron chi connectivity index (χ2n) is 9.23. The number of piperazine rings is 1. The van der Waals surface area contributed by atoms with Gasteiger partial charge in [-0.3, -0.25) is 14.7 Å². The second kappa shape index (κ2) is 8.73. The molecule has 0 saturated carbocycles. The van der Waals surface area contributed by atoms with Crippen LogP contribution in [-0.2, 0) is 13.1 Å². The number of aromatic nitrogens is 2. The van der Waals surface area contributed by atoms with Crippen LogP contribution in [0.3, 0.4) is 0 Å². The number of imidazole rings is 1. The fourth-order valence-electron chi connectivity index (χ4n) is 5.35. The number of fused-ring (bicyclic) bond motifs is 2. The van der Waals surface area contributed by atoms with Crippen molar-refractivity contribution >= 4 is 11.0 Å². The van der Waals surface area contributed by atoms with E-state index in [0.29, 0.717) is 12.8 Å². The summed E-state index contributed by atoms with van der Waals surface area (Å²) in [6.07, 6.45) is 2.57. The fourth-order valence-corrected chi connectivity index (χ4v) is 5.35. The van der Waals surface area contributed by atoms with E-state index in [2.05, 4.69) is 56.1 Å². The summed E-state index contributed by atoms with van der Waals surface area (Å²) in [5, 5.41) is 0. The Labute approximate surface area is 188 Å². The van der Waals surface area contributed by atoms with Crippen LogP contribution in [0.15, 0.2) is 42.5 Å². The van der Waals surface area contributed by atoms with E-state index in [1.807, 2.05) is 6.07 Å². The van der Waals surface area contributed by atoms with Gasteiger partial charge in [0.15, 0.2) is 11.5 Å². The molecule has 7 nitrogen and oxygen atoms in total. The van der Waals surface area contributed by atoms with Gasteiger partial charge >= 0.3 is 0 Å². The number of nitrogens with zero attached hydrogens (tertiary/aromatic N) is 4. The molecule has 3 aliphatic rings. The van der Waals surface area contributed by atoms with Crippen LogP contribution in [0.5, 0.6) is 11.5 Å². The molecule has 1 unspecified atom stereocenters. The average Bonchev–Trinajstić information content (AvgIpc) is 3.45. The summed E-state index contributed by atoms with van der Waals surface area (Å²) in [4.78, 5) is 16.1. The molecule has 0 spiro atoms. The van der Waals surface area contributed by atoms with Crippen LogP contribution in [0.1, 0.15) is 24.2 Å². The number of para-hydroxylation sites is 2. The Morgan fingerprint density at radius 1 is 0.906 bits per heavy atom. The van der Waals surface area contributed by atoms with Crippen molar-refractivity contribution in [3.05, 3.63) is 53.9 Å². The summed E-state index contributed by atoms with van der Waals surface area (Å²) >= 11 is 0. The van der Waals surface area contributed by atoms with Crippen molar-refractivity contribution < 1.29 is 9.47 Å². The standard InChI is InChI=1S/C25H31N5O2/c1-2-6-22-21(5-1)26-25(27-22)17-29-9-3-4-20(16-29)30-12-10-28(11-13-30)15-19-7-8-23-24(14-19)32-18-31-23/h1-2,5-8,14,20H,3-4,9-13,15-18H2,(H,26,27). The minimum absolute atomic E-state index is 0.339. The minimum Gasteiger partial charge on any atom is -0.454 e. The highest BCUT2D eigenvalue weighted by Crippen LogP contribution is 2.33. The van der Waals surface area contributed by atoms with Gasteiger partial charge in [-0.05, 0) is 49.2 Å². The molecule has 0 amide bonds. The summed E-state index contributed by atoms with van der Waals surface area (Å²) in [5.41, 5.74) is 3.50. The van der Waals surface area contributed by atoms with Crippen molar-refractivity contribution in [2.75, 3.05) is 46.1 Å². The number of hydrogen-bond acceptors (Lipinski definition) is 6. The van der Waals surface area contributed by atoms with Gasteiger partial charge in [0, 0.05) is 45.3 Å². The Morgan fingerprint density at radius 3 is 2.69 bits per heavy atom. The SMILES string of the molecule is c1ccc2[nH]c(CN3CCCC(N4CCN(Cc5ccc6c(c5)OCO6)CC4)C3)nc2c1. The number of nitrogens with one attached hydrogen (secondary N) is 1. The molecule has 7 heteroatoms. The summed E-state index contributed by atoms with van der Waals surface area (Å²) < 4.78 is 11.0. The number of likely N-dealkylation sites (tertiary alicyclic amines) is 1. The second-order valence-corrected chi connectivity index (χ2v) is 9.23. The molecule has 2 fully saturated rings. The number of rotatable bonds is 5. The molecule has 0 bridgehead atoms. The third-order valence-corrected chi connectivity index (χ3v) is 7.06. The van der Waals surface area contributed by atoms with Crippen LogP contribution < -0.4 is 9.47 Å². The summed E-state index contributed by atoms with van der Waals surface area (Å²) in [6.45, 7) is 9.07. The molecule has 4 heterocycles. The molecular formula is C25H31N5O2. The monoisotopic (exact) mass is 433 g/mol. The van der Waals surface area contributed by atoms with E-state index in [1.54, 1.807) is 0 Å². The Hall–Kier alpha value is -2.61. The lowest BCUT2D eigenvalue weighted by molar-refractivity contribution is 0.0471. The lowest BCUT2D eigenvalue weighted by Crippen LogP contribution is -2.54. The molecule has 3 aliphatic heterocycles. The predicted octanol–water partition coefficient (Wildman–Crippen LogP) is 3.07. The first-order valence-electron chi connectivity index (χ1n) is 11.8. The largest absolute Gasteiger partial charge is 0.454 e. The van der Waals surface area contributed by atoms with Gasteiger partial charge in [0.05, 0.1) is 17.6 Å². The number of H-pyrrole nitrogens is 1. The van der Waals surface area contributed by atoms with Gasteiger partial charge < -0.3 is 14.5 Å². The maximum absolute atomic E-state index is 5.53. The van der Waals surface area contributed by atoms with Crippen molar-refractivity contribution in [2.24, 2.45) is 0 Å².